The molecule has 3 atom stereocenters. The molecule has 5 rings (SSSR count). The van der Waals surface area contributed by atoms with Gasteiger partial charge in [-0.15, -0.1) is 0 Å². The van der Waals surface area contributed by atoms with Crippen LogP contribution in [0.2, 0.25) is 0 Å². The van der Waals surface area contributed by atoms with E-state index in [0.717, 1.165) is 16.7 Å². The fourth-order valence-corrected chi connectivity index (χ4v) is 5.10. The standard InChI is InChI=1S/C31H35N3O6/c1-20-15-34(21(2)17-35)30(36)26-11-7-6-10-25(26)24-9-5-4-8-22(24)18-38-29(20)16-33(3)31(37)32-23-12-13-27-28(14-23)40-19-39-27/h4-14,20-21,29,35H,15-19H2,1-3H3,(H,32,37)/t20-,21+,29+/m0/s1. The van der Waals surface area contributed by atoms with Crippen LogP contribution in [-0.4, -0.2) is 72.5 Å². The third kappa shape index (κ3) is 5.76. The van der Waals surface area contributed by atoms with E-state index in [4.69, 9.17) is 14.2 Å². The maximum absolute atomic E-state index is 13.9. The van der Waals surface area contributed by atoms with Crippen molar-refractivity contribution in [2.75, 3.05) is 38.9 Å². The van der Waals surface area contributed by atoms with Crippen molar-refractivity contribution in [3.63, 3.8) is 0 Å². The van der Waals surface area contributed by atoms with Crippen molar-refractivity contribution in [1.82, 2.24) is 9.80 Å². The molecule has 0 unspecified atom stereocenters. The average Bonchev–Trinajstić information content (AvgIpc) is 3.44. The van der Waals surface area contributed by atoms with Crippen LogP contribution in [0.1, 0.15) is 29.8 Å². The Labute approximate surface area is 234 Å². The number of ether oxygens (including phenoxy) is 3. The van der Waals surface area contributed by atoms with Crippen LogP contribution >= 0.6 is 0 Å². The first kappa shape index (κ1) is 27.5. The molecule has 0 saturated carbocycles. The Balaban J connectivity index is 1.41. The summed E-state index contributed by atoms with van der Waals surface area (Å²) in [5, 5.41) is 12.9. The molecule has 9 nitrogen and oxygen atoms in total. The summed E-state index contributed by atoms with van der Waals surface area (Å²) in [6.07, 6.45) is -0.386. The molecule has 0 aromatic heterocycles. The van der Waals surface area contributed by atoms with Gasteiger partial charge in [-0.3, -0.25) is 4.79 Å². The molecule has 9 heteroatoms. The van der Waals surface area contributed by atoms with Crippen LogP contribution in [0, 0.1) is 5.92 Å². The molecule has 0 spiro atoms. The number of anilines is 1. The molecule has 0 aliphatic carbocycles. The second-order valence-corrected chi connectivity index (χ2v) is 10.4. The zero-order valence-electron chi connectivity index (χ0n) is 23.0. The number of rotatable bonds is 5. The molecule has 40 heavy (non-hydrogen) atoms. The predicted octanol–water partition coefficient (Wildman–Crippen LogP) is 4.60. The highest BCUT2D eigenvalue weighted by molar-refractivity contribution is 6.01. The molecule has 3 aromatic rings. The van der Waals surface area contributed by atoms with Crippen LogP contribution in [0.3, 0.4) is 0 Å². The molecule has 2 aliphatic rings. The van der Waals surface area contributed by atoms with Crippen molar-refractivity contribution >= 4 is 17.6 Å². The summed E-state index contributed by atoms with van der Waals surface area (Å²) >= 11 is 0. The van der Waals surface area contributed by atoms with Gasteiger partial charge >= 0.3 is 6.03 Å². The Hall–Kier alpha value is -4.08. The molecule has 3 aromatic carbocycles. The lowest BCUT2D eigenvalue weighted by Crippen LogP contribution is -2.48. The normalized spacial score (nSPS) is 19.2. The van der Waals surface area contributed by atoms with Gasteiger partial charge in [0.05, 0.1) is 25.4 Å². The van der Waals surface area contributed by atoms with Gasteiger partial charge in [0.25, 0.3) is 5.91 Å². The number of aliphatic hydroxyl groups is 1. The Bertz CT molecular complexity index is 1380. The van der Waals surface area contributed by atoms with Crippen LogP contribution < -0.4 is 14.8 Å². The Kier molecular flexibility index (Phi) is 8.23. The summed E-state index contributed by atoms with van der Waals surface area (Å²) in [5.41, 5.74) is 3.88. The number of carbonyl (C=O) groups excluding carboxylic acids is 2. The SMILES string of the molecule is C[C@H](CO)N1C[C@H](C)[C@@H](CN(C)C(=O)Nc2ccc3c(c2)OCO3)OCc2ccccc2-c2ccccc2C1=O. The molecule has 2 aliphatic heterocycles. The number of likely N-dealkylation sites (N-methyl/N-ethyl adjacent to an activating group) is 1. The highest BCUT2D eigenvalue weighted by atomic mass is 16.7. The minimum Gasteiger partial charge on any atom is -0.454 e. The van der Waals surface area contributed by atoms with E-state index in [1.165, 1.54) is 0 Å². The van der Waals surface area contributed by atoms with Crippen LogP contribution in [0.25, 0.3) is 11.1 Å². The number of carbonyl (C=O) groups is 2. The molecular formula is C31H35N3O6. The third-order valence-electron chi connectivity index (χ3n) is 7.52. The van der Waals surface area contributed by atoms with Gasteiger partial charge in [-0.1, -0.05) is 49.4 Å². The monoisotopic (exact) mass is 545 g/mol. The van der Waals surface area contributed by atoms with E-state index in [-0.39, 0.29) is 37.4 Å². The van der Waals surface area contributed by atoms with Gasteiger partial charge in [0.15, 0.2) is 11.5 Å². The maximum atomic E-state index is 13.9. The average molecular weight is 546 g/mol. The van der Waals surface area contributed by atoms with Gasteiger partial charge in [-0.05, 0) is 41.8 Å². The number of aliphatic hydroxyl groups excluding tert-OH is 1. The lowest BCUT2D eigenvalue weighted by molar-refractivity contribution is -0.0178. The third-order valence-corrected chi connectivity index (χ3v) is 7.52. The number of fused-ring (bicyclic) bond motifs is 4. The van der Waals surface area contributed by atoms with Crippen LogP contribution in [0.5, 0.6) is 11.5 Å². The number of nitrogens with zero attached hydrogens (tertiary/aromatic N) is 2. The molecule has 0 fully saturated rings. The first-order valence-corrected chi connectivity index (χ1v) is 13.5. The molecule has 0 saturated heterocycles. The zero-order valence-corrected chi connectivity index (χ0v) is 23.0. The van der Waals surface area contributed by atoms with E-state index in [1.54, 1.807) is 35.0 Å². The molecule has 2 N–H and O–H groups in total. The van der Waals surface area contributed by atoms with Crippen molar-refractivity contribution in [2.45, 2.75) is 32.6 Å². The predicted molar refractivity (Wildman–Crippen MR) is 151 cm³/mol. The zero-order chi connectivity index (χ0) is 28.2. The first-order valence-electron chi connectivity index (χ1n) is 13.5. The summed E-state index contributed by atoms with van der Waals surface area (Å²) in [7, 11) is 1.71. The van der Waals surface area contributed by atoms with Crippen molar-refractivity contribution in [2.24, 2.45) is 5.92 Å². The molecule has 2 heterocycles. The van der Waals surface area contributed by atoms with E-state index in [0.29, 0.717) is 42.4 Å². The van der Waals surface area contributed by atoms with Gasteiger partial charge in [-0.2, -0.15) is 0 Å². The fraction of sp³-hybridized carbons (Fsp3) is 0.355. The highest BCUT2D eigenvalue weighted by Crippen LogP contribution is 2.34. The summed E-state index contributed by atoms with van der Waals surface area (Å²) < 4.78 is 17.3. The summed E-state index contributed by atoms with van der Waals surface area (Å²) in [6.45, 7) is 4.80. The molecule has 210 valence electrons. The maximum Gasteiger partial charge on any atom is 0.321 e. The second kappa shape index (κ2) is 12.0. The topological polar surface area (TPSA) is 101 Å². The summed E-state index contributed by atoms with van der Waals surface area (Å²) in [4.78, 5) is 30.3. The quantitative estimate of drug-likeness (QED) is 0.486. The molecule has 0 bridgehead atoms. The number of urea groups is 1. The lowest BCUT2D eigenvalue weighted by Gasteiger charge is -2.35. The highest BCUT2D eigenvalue weighted by Gasteiger charge is 2.31. The van der Waals surface area contributed by atoms with Crippen molar-refractivity contribution in [1.29, 1.82) is 0 Å². The van der Waals surface area contributed by atoms with Crippen LogP contribution in [0.4, 0.5) is 10.5 Å². The van der Waals surface area contributed by atoms with Crippen LogP contribution in [-0.2, 0) is 11.3 Å². The minimum atomic E-state index is -0.397. The van der Waals surface area contributed by atoms with Gasteiger partial charge in [0, 0.05) is 43.4 Å². The van der Waals surface area contributed by atoms with Gasteiger partial charge in [0.1, 0.15) is 0 Å². The number of hydrogen-bond acceptors (Lipinski definition) is 6. The van der Waals surface area contributed by atoms with E-state index in [9.17, 15) is 14.7 Å². The molecule has 0 radical (unpaired) electrons. The van der Waals surface area contributed by atoms with E-state index in [2.05, 4.69) is 5.32 Å². The second-order valence-electron chi connectivity index (χ2n) is 10.4. The fourth-order valence-electron chi connectivity index (χ4n) is 5.10. The smallest absolute Gasteiger partial charge is 0.321 e. The van der Waals surface area contributed by atoms with Crippen molar-refractivity contribution in [3.8, 4) is 22.6 Å². The van der Waals surface area contributed by atoms with Crippen molar-refractivity contribution < 1.29 is 28.9 Å². The van der Waals surface area contributed by atoms with Crippen molar-refractivity contribution in [3.05, 3.63) is 77.9 Å². The van der Waals surface area contributed by atoms with Gasteiger partial charge in [0.2, 0.25) is 6.79 Å². The van der Waals surface area contributed by atoms with E-state index < -0.39 is 6.04 Å². The first-order chi connectivity index (χ1) is 19.4. The summed E-state index contributed by atoms with van der Waals surface area (Å²) in [5.74, 6) is 0.942. The Morgan fingerprint density at radius 1 is 1.05 bits per heavy atom. The number of nitrogens with one attached hydrogen (secondary N) is 1. The number of amides is 3. The largest absolute Gasteiger partial charge is 0.454 e. The number of hydrogen-bond donors (Lipinski definition) is 2. The Morgan fingerprint density at radius 3 is 2.52 bits per heavy atom. The van der Waals surface area contributed by atoms with Gasteiger partial charge in [-0.25, -0.2) is 4.79 Å². The number of benzene rings is 3. The Morgan fingerprint density at radius 2 is 1.75 bits per heavy atom. The molecule has 3 amide bonds. The van der Waals surface area contributed by atoms with E-state index >= 15 is 0 Å². The van der Waals surface area contributed by atoms with Crippen LogP contribution in [0.15, 0.2) is 66.7 Å². The van der Waals surface area contributed by atoms with E-state index in [1.807, 2.05) is 62.4 Å². The van der Waals surface area contributed by atoms with Gasteiger partial charge < -0.3 is 34.4 Å². The minimum absolute atomic E-state index is 0.142. The lowest BCUT2D eigenvalue weighted by atomic mass is 9.94. The molecular weight excluding hydrogens is 510 g/mol. The summed E-state index contributed by atoms with van der Waals surface area (Å²) in [6, 6.07) is 20.0.